The number of carbonyl (C=O) groups excluding carboxylic acids is 2. The molecule has 2 amide bonds. The molecule has 2 aliphatic rings. The minimum absolute atomic E-state index is 0.0175. The van der Waals surface area contributed by atoms with Crippen LogP contribution in [0.15, 0.2) is 34.3 Å². The van der Waals surface area contributed by atoms with E-state index < -0.39 is 5.41 Å². The number of rotatable bonds is 8. The molecule has 2 N–H and O–H groups in total. The van der Waals surface area contributed by atoms with E-state index in [1.807, 2.05) is 39.8 Å². The maximum atomic E-state index is 12.3. The van der Waals surface area contributed by atoms with Gasteiger partial charge in [0.05, 0.1) is 22.9 Å². The minimum atomic E-state index is -0.586. The Morgan fingerprint density at radius 3 is 2.82 bits per heavy atom. The van der Waals surface area contributed by atoms with Gasteiger partial charge in [0.25, 0.3) is 0 Å². The molecular formula is C26H32N4O3S. The summed E-state index contributed by atoms with van der Waals surface area (Å²) in [4.78, 5) is 33.8. The molecule has 1 aromatic heterocycles. The van der Waals surface area contributed by atoms with Crippen LogP contribution in [0.4, 0.5) is 11.4 Å². The molecule has 34 heavy (non-hydrogen) atoms. The maximum absolute atomic E-state index is 12.3. The van der Waals surface area contributed by atoms with Crippen molar-refractivity contribution in [2.24, 2.45) is 10.9 Å². The van der Waals surface area contributed by atoms with Crippen molar-refractivity contribution in [2.45, 2.75) is 63.4 Å². The third kappa shape index (κ3) is 4.88. The number of benzene rings is 1. The lowest BCUT2D eigenvalue weighted by atomic mass is 9.87. The minimum Gasteiger partial charge on any atom is -0.378 e. The summed E-state index contributed by atoms with van der Waals surface area (Å²) in [6.45, 7) is 9.01. The summed E-state index contributed by atoms with van der Waals surface area (Å²) in [5.74, 6) is 0.318. The van der Waals surface area contributed by atoms with Gasteiger partial charge in [-0.1, -0.05) is 0 Å². The first-order valence-corrected chi connectivity index (χ1v) is 12.2. The molecule has 0 spiro atoms. The molecule has 4 rings (SSSR count). The summed E-state index contributed by atoms with van der Waals surface area (Å²) in [5, 5.41) is 5.84. The van der Waals surface area contributed by atoms with Crippen LogP contribution < -0.4 is 10.6 Å². The Bertz CT molecular complexity index is 1150. The van der Waals surface area contributed by atoms with Crippen LogP contribution in [0.1, 0.15) is 51.7 Å². The van der Waals surface area contributed by atoms with E-state index in [4.69, 9.17) is 17.4 Å². The van der Waals surface area contributed by atoms with E-state index >= 15 is 0 Å². The molecule has 0 bridgehead atoms. The standard InChI is InChI=1S/C26H32N4O3S/c1-5-27-22-10-17(20-12-21-19(14-28-20)26(3,4)25(32)30-21)9-16(24(22)34)7-6-8-33-15(2)18-11-23(31)29-13-18/h5,9-10,12,14-15,18,34H,6-8,11,13H2,1-4H3,(H,29,31)(H,30,32)/t15-,18-/m1/s1. The molecule has 180 valence electrons. The first kappa shape index (κ1) is 24.4. The van der Waals surface area contributed by atoms with Crippen LogP contribution >= 0.6 is 12.6 Å². The van der Waals surface area contributed by atoms with E-state index in [0.29, 0.717) is 19.6 Å². The molecule has 0 radical (unpaired) electrons. The molecule has 0 aliphatic carbocycles. The number of nitrogens with zero attached hydrogens (tertiary/aromatic N) is 2. The maximum Gasteiger partial charge on any atom is 0.234 e. The highest BCUT2D eigenvalue weighted by molar-refractivity contribution is 7.80. The molecule has 2 aliphatic heterocycles. The van der Waals surface area contributed by atoms with E-state index in [-0.39, 0.29) is 23.8 Å². The van der Waals surface area contributed by atoms with Crippen LogP contribution in [0.25, 0.3) is 11.3 Å². The molecule has 2 atom stereocenters. The highest BCUT2D eigenvalue weighted by atomic mass is 32.1. The van der Waals surface area contributed by atoms with Gasteiger partial charge in [-0.3, -0.25) is 19.6 Å². The van der Waals surface area contributed by atoms with E-state index in [2.05, 4.69) is 26.7 Å². The molecule has 8 heteroatoms. The molecule has 0 unspecified atom stereocenters. The Kier molecular flexibility index (Phi) is 7.09. The van der Waals surface area contributed by atoms with Crippen molar-refractivity contribution in [1.29, 1.82) is 0 Å². The monoisotopic (exact) mass is 480 g/mol. The zero-order valence-corrected chi connectivity index (χ0v) is 21.0. The molecule has 7 nitrogen and oxygen atoms in total. The normalized spacial score (nSPS) is 19.9. The number of aromatic nitrogens is 1. The molecule has 1 saturated heterocycles. The molecular weight excluding hydrogens is 448 g/mol. The van der Waals surface area contributed by atoms with Crippen molar-refractivity contribution in [1.82, 2.24) is 10.3 Å². The van der Waals surface area contributed by atoms with Crippen molar-refractivity contribution in [3.8, 4) is 11.3 Å². The summed E-state index contributed by atoms with van der Waals surface area (Å²) in [5.41, 5.74) is 4.69. The van der Waals surface area contributed by atoms with Gasteiger partial charge in [-0.15, -0.1) is 12.6 Å². The van der Waals surface area contributed by atoms with Crippen molar-refractivity contribution in [2.75, 3.05) is 18.5 Å². The lowest BCUT2D eigenvalue weighted by molar-refractivity contribution is -0.120. The molecule has 1 aromatic carbocycles. The zero-order valence-electron chi connectivity index (χ0n) is 20.1. The van der Waals surface area contributed by atoms with Gasteiger partial charge in [-0.25, -0.2) is 0 Å². The average molecular weight is 481 g/mol. The molecule has 3 heterocycles. The zero-order chi connectivity index (χ0) is 24.5. The van der Waals surface area contributed by atoms with Crippen LogP contribution in [-0.2, 0) is 26.2 Å². The number of anilines is 1. The third-order valence-electron chi connectivity index (χ3n) is 6.77. The predicted octanol–water partition coefficient (Wildman–Crippen LogP) is 4.46. The summed E-state index contributed by atoms with van der Waals surface area (Å²) < 4.78 is 6.01. The SMILES string of the molecule is CC=Nc1cc(-c2cc3c(cn2)C(C)(C)C(=O)N3)cc(CCCO[C@H](C)[C@H]2CNC(=O)C2)c1S. The van der Waals surface area contributed by atoms with Crippen molar-refractivity contribution in [3.63, 3.8) is 0 Å². The van der Waals surface area contributed by atoms with Gasteiger partial charge in [-0.2, -0.15) is 0 Å². The number of aryl methyl sites for hydroxylation is 1. The highest BCUT2D eigenvalue weighted by Gasteiger charge is 2.38. The van der Waals surface area contributed by atoms with E-state index in [9.17, 15) is 9.59 Å². The number of aliphatic imine (C=N–C) groups is 1. The second-order valence-electron chi connectivity index (χ2n) is 9.53. The predicted molar refractivity (Wildman–Crippen MR) is 137 cm³/mol. The molecule has 2 aromatic rings. The lowest BCUT2D eigenvalue weighted by Gasteiger charge is -2.18. The van der Waals surface area contributed by atoms with Crippen LogP contribution in [0.2, 0.25) is 0 Å². The number of pyridine rings is 1. The number of hydrogen-bond acceptors (Lipinski definition) is 6. The van der Waals surface area contributed by atoms with Gasteiger partial charge in [0.2, 0.25) is 11.8 Å². The Labute approximate surface area is 206 Å². The number of amides is 2. The number of ether oxygens (including phenoxy) is 1. The highest BCUT2D eigenvalue weighted by Crippen LogP contribution is 2.40. The fourth-order valence-electron chi connectivity index (χ4n) is 4.50. The quantitative estimate of drug-likeness (QED) is 0.295. The Hall–Kier alpha value is -2.71. The summed E-state index contributed by atoms with van der Waals surface area (Å²) in [7, 11) is 0. The first-order chi connectivity index (χ1) is 16.2. The second-order valence-corrected chi connectivity index (χ2v) is 9.98. The molecule has 1 fully saturated rings. The van der Waals surface area contributed by atoms with Gasteiger partial charge in [0, 0.05) is 59.6 Å². The Morgan fingerprint density at radius 1 is 1.32 bits per heavy atom. The number of fused-ring (bicyclic) bond motifs is 1. The van der Waals surface area contributed by atoms with Gasteiger partial charge in [0.15, 0.2) is 0 Å². The molecule has 0 saturated carbocycles. The number of thiol groups is 1. The van der Waals surface area contributed by atoms with Crippen molar-refractivity contribution in [3.05, 3.63) is 35.5 Å². The number of nitrogens with one attached hydrogen (secondary N) is 2. The van der Waals surface area contributed by atoms with Crippen LogP contribution in [0.5, 0.6) is 0 Å². The summed E-state index contributed by atoms with van der Waals surface area (Å²) >= 11 is 4.75. The van der Waals surface area contributed by atoms with E-state index in [1.165, 1.54) is 0 Å². The lowest BCUT2D eigenvalue weighted by Crippen LogP contribution is -2.26. The number of hydrogen-bond donors (Lipinski definition) is 3. The van der Waals surface area contributed by atoms with Crippen LogP contribution in [0.3, 0.4) is 0 Å². The largest absolute Gasteiger partial charge is 0.378 e. The van der Waals surface area contributed by atoms with E-state index in [1.54, 1.807) is 12.4 Å². The van der Waals surface area contributed by atoms with Crippen LogP contribution in [0, 0.1) is 5.92 Å². The smallest absolute Gasteiger partial charge is 0.234 e. The van der Waals surface area contributed by atoms with E-state index in [0.717, 1.165) is 51.5 Å². The van der Waals surface area contributed by atoms with Gasteiger partial charge >= 0.3 is 0 Å². The second kappa shape index (κ2) is 9.88. The van der Waals surface area contributed by atoms with Gasteiger partial charge < -0.3 is 15.4 Å². The average Bonchev–Trinajstić information content (AvgIpc) is 3.33. The topological polar surface area (TPSA) is 92.7 Å². The van der Waals surface area contributed by atoms with Gasteiger partial charge in [-0.05, 0) is 64.3 Å². The van der Waals surface area contributed by atoms with Crippen LogP contribution in [-0.4, -0.2) is 42.3 Å². The first-order valence-electron chi connectivity index (χ1n) is 11.8. The summed E-state index contributed by atoms with van der Waals surface area (Å²) in [6.07, 6.45) is 5.72. The fraction of sp³-hybridized carbons (Fsp3) is 0.462. The third-order valence-corrected chi connectivity index (χ3v) is 7.29. The Morgan fingerprint density at radius 2 is 2.12 bits per heavy atom. The fourth-order valence-corrected chi connectivity index (χ4v) is 4.80. The number of carbonyl (C=O) groups is 2. The Balaban J connectivity index is 1.50. The van der Waals surface area contributed by atoms with Crippen molar-refractivity contribution < 1.29 is 14.3 Å². The van der Waals surface area contributed by atoms with Crippen molar-refractivity contribution >= 4 is 42.0 Å². The van der Waals surface area contributed by atoms with Gasteiger partial charge in [0.1, 0.15) is 0 Å². The summed E-state index contributed by atoms with van der Waals surface area (Å²) in [6, 6.07) is 6.00.